The van der Waals surface area contributed by atoms with Crippen LogP contribution in [-0.2, 0) is 4.79 Å². The Labute approximate surface area is 105 Å². The molecule has 0 bridgehead atoms. The molecule has 0 fully saturated rings. The zero-order chi connectivity index (χ0) is 13.2. The molecule has 92 valence electrons. The first kappa shape index (κ1) is 13.7. The summed E-state index contributed by atoms with van der Waals surface area (Å²) in [6.45, 7) is 12.5. The topological polar surface area (TPSA) is 17.1 Å². The van der Waals surface area contributed by atoms with Crippen molar-refractivity contribution < 1.29 is 4.79 Å². The highest BCUT2D eigenvalue weighted by Gasteiger charge is 2.15. The van der Waals surface area contributed by atoms with Crippen molar-refractivity contribution in [3.8, 4) is 0 Å². The highest BCUT2D eigenvalue weighted by molar-refractivity contribution is 5.89. The SMILES string of the molecule is C/C(C=O)=C(/c1c(C)cc(C)cc1C)C(C)C. The van der Waals surface area contributed by atoms with E-state index in [9.17, 15) is 4.79 Å². The Morgan fingerprint density at radius 2 is 1.59 bits per heavy atom. The molecular weight excluding hydrogens is 208 g/mol. The van der Waals surface area contributed by atoms with Gasteiger partial charge in [0.2, 0.25) is 0 Å². The van der Waals surface area contributed by atoms with Gasteiger partial charge in [-0.15, -0.1) is 0 Å². The summed E-state index contributed by atoms with van der Waals surface area (Å²) in [6.07, 6.45) is 0.966. The molecule has 0 atom stereocenters. The van der Waals surface area contributed by atoms with E-state index in [1.807, 2.05) is 6.92 Å². The fourth-order valence-electron chi connectivity index (χ4n) is 2.61. The molecule has 1 nitrogen and oxygen atoms in total. The van der Waals surface area contributed by atoms with Crippen LogP contribution >= 0.6 is 0 Å². The van der Waals surface area contributed by atoms with Gasteiger partial charge < -0.3 is 0 Å². The first-order chi connectivity index (χ1) is 7.88. The van der Waals surface area contributed by atoms with Gasteiger partial charge in [0.05, 0.1) is 0 Å². The number of carbonyl (C=O) groups is 1. The predicted octanol–water partition coefficient (Wildman–Crippen LogP) is 4.24. The maximum absolute atomic E-state index is 11.1. The van der Waals surface area contributed by atoms with Crippen LogP contribution in [0.25, 0.3) is 5.57 Å². The van der Waals surface area contributed by atoms with Gasteiger partial charge in [-0.25, -0.2) is 0 Å². The molecule has 17 heavy (non-hydrogen) atoms. The van der Waals surface area contributed by atoms with Crippen LogP contribution in [0.2, 0.25) is 0 Å². The van der Waals surface area contributed by atoms with E-state index in [1.54, 1.807) is 0 Å². The lowest BCUT2D eigenvalue weighted by molar-refractivity contribution is -0.104. The first-order valence-corrected chi connectivity index (χ1v) is 6.12. The highest BCUT2D eigenvalue weighted by Crippen LogP contribution is 2.31. The summed E-state index contributed by atoms with van der Waals surface area (Å²) >= 11 is 0. The molecule has 0 aliphatic heterocycles. The van der Waals surface area contributed by atoms with Crippen LogP contribution in [0.4, 0.5) is 0 Å². The minimum Gasteiger partial charge on any atom is -0.298 e. The van der Waals surface area contributed by atoms with E-state index in [0.29, 0.717) is 5.92 Å². The molecule has 1 heteroatoms. The van der Waals surface area contributed by atoms with Gasteiger partial charge in [0, 0.05) is 0 Å². The lowest BCUT2D eigenvalue weighted by Crippen LogP contribution is -2.03. The van der Waals surface area contributed by atoms with Gasteiger partial charge >= 0.3 is 0 Å². The summed E-state index contributed by atoms with van der Waals surface area (Å²) < 4.78 is 0. The van der Waals surface area contributed by atoms with E-state index < -0.39 is 0 Å². The van der Waals surface area contributed by atoms with Crippen LogP contribution in [0.5, 0.6) is 0 Å². The molecule has 0 N–H and O–H groups in total. The Morgan fingerprint density at radius 1 is 1.12 bits per heavy atom. The third-order valence-corrected chi connectivity index (χ3v) is 3.13. The van der Waals surface area contributed by atoms with Crippen molar-refractivity contribution >= 4 is 11.9 Å². The molecule has 1 aromatic rings. The molecule has 0 amide bonds. The van der Waals surface area contributed by atoms with E-state index >= 15 is 0 Å². The number of rotatable bonds is 3. The second kappa shape index (κ2) is 5.31. The third-order valence-electron chi connectivity index (χ3n) is 3.13. The standard InChI is InChI=1S/C16H22O/c1-10(2)15(14(6)9-17)16-12(4)7-11(3)8-13(16)5/h7-10H,1-6H3/b15-14-. The average Bonchev–Trinajstić information content (AvgIpc) is 2.21. The third kappa shape index (κ3) is 2.85. The van der Waals surface area contributed by atoms with Crippen molar-refractivity contribution in [2.24, 2.45) is 5.92 Å². The van der Waals surface area contributed by atoms with E-state index in [4.69, 9.17) is 0 Å². The fourth-order valence-corrected chi connectivity index (χ4v) is 2.61. The lowest BCUT2D eigenvalue weighted by atomic mass is 9.85. The zero-order valence-electron chi connectivity index (χ0n) is 11.7. The van der Waals surface area contributed by atoms with Crippen LogP contribution in [0.3, 0.4) is 0 Å². The average molecular weight is 230 g/mol. The maximum atomic E-state index is 11.1. The summed E-state index contributed by atoms with van der Waals surface area (Å²) in [6, 6.07) is 4.37. The van der Waals surface area contributed by atoms with E-state index in [0.717, 1.165) is 11.9 Å². The normalized spacial score (nSPS) is 12.6. The number of benzene rings is 1. The molecule has 1 rings (SSSR count). The summed E-state index contributed by atoms with van der Waals surface area (Å²) in [5, 5.41) is 0. The van der Waals surface area contributed by atoms with Gasteiger partial charge in [0.15, 0.2) is 0 Å². The van der Waals surface area contributed by atoms with Crippen molar-refractivity contribution in [3.63, 3.8) is 0 Å². The molecule has 0 heterocycles. The Bertz CT molecular complexity index is 441. The second-order valence-corrected chi connectivity index (χ2v) is 5.14. The molecule has 0 saturated carbocycles. The zero-order valence-corrected chi connectivity index (χ0v) is 11.7. The van der Waals surface area contributed by atoms with Crippen LogP contribution in [-0.4, -0.2) is 6.29 Å². The molecule has 0 unspecified atom stereocenters. The molecule has 0 aromatic heterocycles. The van der Waals surface area contributed by atoms with Crippen LogP contribution in [0.1, 0.15) is 43.0 Å². The Kier molecular flexibility index (Phi) is 4.28. The number of aryl methyl sites for hydroxylation is 3. The number of hydrogen-bond donors (Lipinski definition) is 0. The second-order valence-electron chi connectivity index (χ2n) is 5.14. The molecule has 0 spiro atoms. The van der Waals surface area contributed by atoms with Crippen molar-refractivity contribution in [3.05, 3.63) is 40.0 Å². The van der Waals surface area contributed by atoms with Crippen LogP contribution in [0.15, 0.2) is 17.7 Å². The van der Waals surface area contributed by atoms with Crippen molar-refractivity contribution in [2.45, 2.75) is 41.5 Å². The van der Waals surface area contributed by atoms with E-state index in [1.165, 1.54) is 27.8 Å². The van der Waals surface area contributed by atoms with Crippen LogP contribution < -0.4 is 0 Å². The maximum Gasteiger partial charge on any atom is 0.146 e. The van der Waals surface area contributed by atoms with Gasteiger partial charge in [-0.2, -0.15) is 0 Å². The number of hydrogen-bond acceptors (Lipinski definition) is 1. The predicted molar refractivity (Wildman–Crippen MR) is 74.1 cm³/mol. The van der Waals surface area contributed by atoms with Crippen LogP contribution in [0, 0.1) is 26.7 Å². The van der Waals surface area contributed by atoms with Gasteiger partial charge in [-0.1, -0.05) is 31.5 Å². The number of aldehydes is 1. The quantitative estimate of drug-likeness (QED) is 0.560. The van der Waals surface area contributed by atoms with Gasteiger partial charge in [0.1, 0.15) is 6.29 Å². The van der Waals surface area contributed by atoms with Gasteiger partial charge in [-0.3, -0.25) is 4.79 Å². The van der Waals surface area contributed by atoms with E-state index in [-0.39, 0.29) is 0 Å². The molecular formula is C16H22O. The minimum absolute atomic E-state index is 0.361. The number of allylic oxidation sites excluding steroid dienone is 2. The van der Waals surface area contributed by atoms with Crippen molar-refractivity contribution in [1.82, 2.24) is 0 Å². The molecule has 0 aliphatic carbocycles. The molecule has 0 radical (unpaired) electrons. The fraction of sp³-hybridized carbons (Fsp3) is 0.438. The minimum atomic E-state index is 0.361. The summed E-state index contributed by atoms with van der Waals surface area (Å²) in [5.74, 6) is 0.361. The Balaban J connectivity index is 3.56. The number of carbonyl (C=O) groups excluding carboxylic acids is 1. The molecule has 0 aliphatic rings. The van der Waals surface area contributed by atoms with Gasteiger partial charge in [0.25, 0.3) is 0 Å². The Hall–Kier alpha value is -1.37. The smallest absolute Gasteiger partial charge is 0.146 e. The molecule has 0 saturated heterocycles. The molecule has 1 aromatic carbocycles. The Morgan fingerprint density at radius 3 is 1.94 bits per heavy atom. The highest BCUT2D eigenvalue weighted by atomic mass is 16.1. The summed E-state index contributed by atoms with van der Waals surface area (Å²) in [4.78, 5) is 11.1. The van der Waals surface area contributed by atoms with Crippen molar-refractivity contribution in [1.29, 1.82) is 0 Å². The lowest BCUT2D eigenvalue weighted by Gasteiger charge is -2.19. The van der Waals surface area contributed by atoms with E-state index in [2.05, 4.69) is 46.8 Å². The monoisotopic (exact) mass is 230 g/mol. The van der Waals surface area contributed by atoms with Gasteiger partial charge in [-0.05, 0) is 61.4 Å². The van der Waals surface area contributed by atoms with Crippen molar-refractivity contribution in [2.75, 3.05) is 0 Å². The summed E-state index contributed by atoms with van der Waals surface area (Å²) in [7, 11) is 0. The first-order valence-electron chi connectivity index (χ1n) is 6.12. The largest absolute Gasteiger partial charge is 0.298 e. The summed E-state index contributed by atoms with van der Waals surface area (Å²) in [5.41, 5.74) is 7.05.